The lowest BCUT2D eigenvalue weighted by Gasteiger charge is -2.44. The lowest BCUT2D eigenvalue weighted by Crippen LogP contribution is -2.36. The van der Waals surface area contributed by atoms with Gasteiger partial charge >= 0.3 is 0 Å². The smallest absolute Gasteiger partial charge is 0.252 e. The van der Waals surface area contributed by atoms with Crippen LogP contribution < -0.4 is 4.74 Å². The minimum Gasteiger partial charge on any atom is -0.487 e. The molecule has 1 fully saturated rings. The number of benzene rings is 3. The zero-order valence-electron chi connectivity index (χ0n) is 20.6. The second kappa shape index (κ2) is 9.03. The Balaban J connectivity index is 1.30. The molecule has 0 saturated heterocycles. The summed E-state index contributed by atoms with van der Waals surface area (Å²) in [6, 6.07) is 27.3. The molecule has 7 rings (SSSR count). The van der Waals surface area contributed by atoms with E-state index in [4.69, 9.17) is 4.74 Å². The fourth-order valence-corrected chi connectivity index (χ4v) is 5.55. The summed E-state index contributed by atoms with van der Waals surface area (Å²) in [4.78, 5) is 13.3. The minimum atomic E-state index is -0.267. The van der Waals surface area contributed by atoms with Crippen molar-refractivity contribution in [1.82, 2.24) is 24.6 Å². The summed E-state index contributed by atoms with van der Waals surface area (Å²) in [6.07, 6.45) is 6.59. The number of pyridine rings is 1. The lowest BCUT2D eigenvalue weighted by molar-refractivity contribution is 0.289. The molecule has 186 valence electrons. The maximum atomic E-state index is 13.6. The van der Waals surface area contributed by atoms with E-state index < -0.39 is 0 Å². The molecule has 3 aromatic heterocycles. The minimum absolute atomic E-state index is 0.114. The normalized spacial score (nSPS) is 14.4. The van der Waals surface area contributed by atoms with E-state index in [1.54, 1.807) is 16.8 Å². The van der Waals surface area contributed by atoms with Crippen LogP contribution in [0.1, 0.15) is 36.1 Å². The van der Waals surface area contributed by atoms with Crippen LogP contribution in [0.3, 0.4) is 0 Å². The van der Waals surface area contributed by atoms with Gasteiger partial charge in [-0.25, -0.2) is 14.4 Å². The van der Waals surface area contributed by atoms with Crippen LogP contribution in [0.2, 0.25) is 0 Å². The highest BCUT2D eigenvalue weighted by Gasteiger charge is 2.42. The second-order valence-corrected chi connectivity index (χ2v) is 9.74. The van der Waals surface area contributed by atoms with Crippen LogP contribution in [0.25, 0.3) is 27.9 Å². The molecular weight excluding hydrogens is 477 g/mol. The van der Waals surface area contributed by atoms with Crippen LogP contribution in [0.5, 0.6) is 5.75 Å². The van der Waals surface area contributed by atoms with E-state index in [1.807, 2.05) is 24.3 Å². The zero-order chi connectivity index (χ0) is 25.5. The summed E-state index contributed by atoms with van der Waals surface area (Å²) in [5.41, 5.74) is 5.96. The topological polar surface area (TPSA) is 65.2 Å². The molecule has 7 heteroatoms. The van der Waals surface area contributed by atoms with Crippen molar-refractivity contribution in [3.05, 3.63) is 120 Å². The Morgan fingerprint density at radius 3 is 2.63 bits per heavy atom. The number of halogens is 1. The highest BCUT2D eigenvalue weighted by atomic mass is 19.1. The van der Waals surface area contributed by atoms with E-state index in [1.165, 1.54) is 29.6 Å². The lowest BCUT2D eigenvalue weighted by atomic mass is 9.59. The number of fused-ring (bicyclic) bond motifs is 2. The number of nitrogens with zero attached hydrogens (tertiary/aromatic N) is 5. The van der Waals surface area contributed by atoms with E-state index in [0.29, 0.717) is 12.4 Å². The van der Waals surface area contributed by atoms with Gasteiger partial charge in [0.15, 0.2) is 0 Å². The quantitative estimate of drug-likeness (QED) is 0.260. The van der Waals surface area contributed by atoms with E-state index in [0.717, 1.165) is 52.9 Å². The summed E-state index contributed by atoms with van der Waals surface area (Å²) in [6.45, 7) is 0.313. The predicted molar refractivity (Wildman–Crippen MR) is 143 cm³/mol. The van der Waals surface area contributed by atoms with Gasteiger partial charge in [0.1, 0.15) is 24.5 Å². The molecule has 3 aromatic carbocycles. The first kappa shape index (κ1) is 22.5. The van der Waals surface area contributed by atoms with Gasteiger partial charge in [-0.2, -0.15) is 14.6 Å². The Bertz CT molecular complexity index is 1780. The maximum absolute atomic E-state index is 13.6. The molecular formula is C31H24FN5O. The SMILES string of the molecule is Fc1ccc2nc(COc3ccc(-c4ccnc5ncnn45)c(C4(c5ccccc5)CCC4)c3)ccc2c1. The Hall–Kier alpha value is -4.65. The number of hydrogen-bond acceptors (Lipinski definition) is 5. The summed E-state index contributed by atoms with van der Waals surface area (Å²) in [5.74, 6) is 1.07. The molecule has 0 aliphatic heterocycles. The van der Waals surface area contributed by atoms with Crippen LogP contribution in [0.4, 0.5) is 4.39 Å². The zero-order valence-corrected chi connectivity index (χ0v) is 20.6. The third kappa shape index (κ3) is 3.78. The van der Waals surface area contributed by atoms with Crippen molar-refractivity contribution in [3.8, 4) is 17.0 Å². The predicted octanol–water partition coefficient (Wildman–Crippen LogP) is 6.53. The average Bonchev–Trinajstić information content (AvgIpc) is 3.41. The van der Waals surface area contributed by atoms with Gasteiger partial charge in [-0.1, -0.05) is 42.8 Å². The fourth-order valence-electron chi connectivity index (χ4n) is 5.55. The second-order valence-electron chi connectivity index (χ2n) is 9.74. The average molecular weight is 502 g/mol. The highest BCUT2D eigenvalue weighted by molar-refractivity contribution is 5.78. The van der Waals surface area contributed by atoms with Crippen molar-refractivity contribution in [3.63, 3.8) is 0 Å². The number of hydrogen-bond donors (Lipinski definition) is 0. The largest absolute Gasteiger partial charge is 0.487 e. The van der Waals surface area contributed by atoms with E-state index in [2.05, 4.69) is 62.5 Å². The van der Waals surface area contributed by atoms with Crippen molar-refractivity contribution < 1.29 is 9.13 Å². The van der Waals surface area contributed by atoms with Crippen molar-refractivity contribution in [2.24, 2.45) is 0 Å². The highest BCUT2D eigenvalue weighted by Crippen LogP contribution is 2.52. The molecule has 1 aliphatic rings. The molecule has 0 amide bonds. The van der Waals surface area contributed by atoms with E-state index in [9.17, 15) is 4.39 Å². The van der Waals surface area contributed by atoms with Crippen molar-refractivity contribution in [2.75, 3.05) is 0 Å². The third-order valence-corrected chi connectivity index (χ3v) is 7.59. The van der Waals surface area contributed by atoms with Gasteiger partial charge in [0.05, 0.1) is 16.9 Å². The Morgan fingerprint density at radius 1 is 0.895 bits per heavy atom. The van der Waals surface area contributed by atoms with E-state index >= 15 is 0 Å². The molecule has 3 heterocycles. The molecule has 0 N–H and O–H groups in total. The first-order valence-corrected chi connectivity index (χ1v) is 12.7. The molecule has 6 nitrogen and oxygen atoms in total. The molecule has 38 heavy (non-hydrogen) atoms. The Kier molecular flexibility index (Phi) is 5.35. The summed E-state index contributed by atoms with van der Waals surface area (Å²) in [5, 5.41) is 5.21. The fraction of sp³-hybridized carbons (Fsp3) is 0.161. The van der Waals surface area contributed by atoms with Crippen molar-refractivity contribution in [1.29, 1.82) is 0 Å². The molecule has 0 radical (unpaired) electrons. The van der Waals surface area contributed by atoms with Gasteiger partial charge in [0.25, 0.3) is 5.78 Å². The molecule has 1 aliphatic carbocycles. The number of aromatic nitrogens is 5. The van der Waals surface area contributed by atoms with Gasteiger partial charge < -0.3 is 4.74 Å². The Morgan fingerprint density at radius 2 is 1.79 bits per heavy atom. The third-order valence-electron chi connectivity index (χ3n) is 7.59. The van der Waals surface area contributed by atoms with Crippen molar-refractivity contribution in [2.45, 2.75) is 31.3 Å². The monoisotopic (exact) mass is 501 g/mol. The van der Waals surface area contributed by atoms with Gasteiger partial charge in [0.2, 0.25) is 0 Å². The number of ether oxygens (including phenoxy) is 1. The summed E-state index contributed by atoms with van der Waals surface area (Å²) in [7, 11) is 0. The van der Waals surface area contributed by atoms with Crippen LogP contribution in [0, 0.1) is 5.82 Å². The van der Waals surface area contributed by atoms with Crippen LogP contribution >= 0.6 is 0 Å². The summed E-state index contributed by atoms with van der Waals surface area (Å²) < 4.78 is 21.6. The van der Waals surface area contributed by atoms with Crippen LogP contribution in [-0.4, -0.2) is 24.6 Å². The molecule has 0 atom stereocenters. The summed E-state index contributed by atoms with van der Waals surface area (Å²) >= 11 is 0. The molecule has 1 saturated carbocycles. The van der Waals surface area contributed by atoms with Gasteiger partial charge in [-0.05, 0) is 72.5 Å². The molecule has 0 spiro atoms. The van der Waals surface area contributed by atoms with E-state index in [-0.39, 0.29) is 11.2 Å². The van der Waals surface area contributed by atoms with Crippen LogP contribution in [-0.2, 0) is 12.0 Å². The van der Waals surface area contributed by atoms with Gasteiger partial charge in [0, 0.05) is 22.6 Å². The first-order valence-electron chi connectivity index (χ1n) is 12.7. The number of rotatable bonds is 6. The first-order chi connectivity index (χ1) is 18.7. The Labute approximate surface area is 218 Å². The standard InChI is InChI=1S/C31H24FN5O/c32-23-8-12-28-21(17-23)7-9-24(36-28)19-38-25-10-11-26(29-13-16-33-30-34-20-35-37(29)30)27(18-25)31(14-4-15-31)22-5-2-1-3-6-22/h1-3,5-13,16-18,20H,4,14-15,19H2. The van der Waals surface area contributed by atoms with Crippen molar-refractivity contribution >= 4 is 16.7 Å². The van der Waals surface area contributed by atoms with Crippen LogP contribution in [0.15, 0.2) is 97.5 Å². The molecule has 6 aromatic rings. The molecule has 0 unspecified atom stereocenters. The van der Waals surface area contributed by atoms with Gasteiger partial charge in [-0.15, -0.1) is 0 Å². The molecule has 0 bridgehead atoms. The maximum Gasteiger partial charge on any atom is 0.252 e. The van der Waals surface area contributed by atoms with Gasteiger partial charge in [-0.3, -0.25) is 0 Å².